The van der Waals surface area contributed by atoms with Crippen LogP contribution in [0, 0.1) is 19.8 Å². The van der Waals surface area contributed by atoms with Gasteiger partial charge in [-0.05, 0) is 44.7 Å². The molecule has 1 atom stereocenters. The fraction of sp³-hybridized carbons (Fsp3) is 0.440. The summed E-state index contributed by atoms with van der Waals surface area (Å²) in [5.41, 5.74) is 3.67. The average Bonchev–Trinajstić information content (AvgIpc) is 3.53. The first kappa shape index (κ1) is 24.1. The molecule has 1 aliphatic carbocycles. The number of fused-ring (bicyclic) bond motifs is 1. The fourth-order valence-corrected chi connectivity index (χ4v) is 4.50. The average molecular weight is 500 g/mol. The molecule has 1 aromatic carbocycles. The van der Waals surface area contributed by atoms with Crippen LogP contribution in [0.15, 0.2) is 24.5 Å². The molecular weight excluding hydrogens is 472 g/mol. The number of halogens is 2. The van der Waals surface area contributed by atoms with Gasteiger partial charge < -0.3 is 25.0 Å². The van der Waals surface area contributed by atoms with Gasteiger partial charge in [0.1, 0.15) is 35.9 Å². The third-order valence-corrected chi connectivity index (χ3v) is 6.67. The standard InChI is InChI=1S/C25H27F2N5O4/c1-13-3-6-17(36-10-15-4-5-15)16(7-13)21-23-22(29-12-28-21)20(14(2)30-23)24(35)31-18-8-32(19(34)9-33)11-25(18,26)27/h3,6-7,12,15,18,30,33H,4-5,8-11H2,1-2H3,(H,31,35)/t18-/m1/s1. The van der Waals surface area contributed by atoms with Crippen LogP contribution in [0.1, 0.15) is 34.5 Å². The zero-order chi connectivity index (χ0) is 25.6. The van der Waals surface area contributed by atoms with Gasteiger partial charge in [-0.25, -0.2) is 18.7 Å². The molecule has 3 aromatic rings. The number of ether oxygens (including phenoxy) is 1. The molecule has 190 valence electrons. The maximum Gasteiger partial charge on any atom is 0.286 e. The van der Waals surface area contributed by atoms with E-state index in [0.717, 1.165) is 28.9 Å². The van der Waals surface area contributed by atoms with E-state index >= 15 is 0 Å². The predicted octanol–water partition coefficient (Wildman–Crippen LogP) is 2.60. The maximum atomic E-state index is 14.5. The molecule has 1 saturated heterocycles. The van der Waals surface area contributed by atoms with E-state index in [4.69, 9.17) is 9.84 Å². The SMILES string of the molecule is Cc1ccc(OCC2CC2)c(-c2ncnc3c(C(=O)N[C@@H]4CN(C(=O)CO)CC4(F)F)c(C)[nH]c23)c1. The summed E-state index contributed by atoms with van der Waals surface area (Å²) in [7, 11) is 0. The molecule has 3 N–H and O–H groups in total. The summed E-state index contributed by atoms with van der Waals surface area (Å²) >= 11 is 0. The van der Waals surface area contributed by atoms with E-state index in [1.54, 1.807) is 6.92 Å². The summed E-state index contributed by atoms with van der Waals surface area (Å²) in [5.74, 6) is -3.66. The molecule has 2 aromatic heterocycles. The van der Waals surface area contributed by atoms with Gasteiger partial charge in [-0.2, -0.15) is 0 Å². The Labute approximate surface area is 205 Å². The summed E-state index contributed by atoms with van der Waals surface area (Å²) in [6.45, 7) is 2.10. The second kappa shape index (κ2) is 9.12. The van der Waals surface area contributed by atoms with E-state index in [2.05, 4.69) is 20.3 Å². The zero-order valence-electron chi connectivity index (χ0n) is 20.0. The van der Waals surface area contributed by atoms with Crippen LogP contribution < -0.4 is 10.1 Å². The predicted molar refractivity (Wildman–Crippen MR) is 127 cm³/mol. The molecule has 2 amide bonds. The van der Waals surface area contributed by atoms with Crippen LogP contribution in [-0.4, -0.2) is 75.0 Å². The normalized spacial score (nSPS) is 19.0. The minimum absolute atomic E-state index is 0.129. The quantitative estimate of drug-likeness (QED) is 0.460. The minimum Gasteiger partial charge on any atom is -0.493 e. The highest BCUT2D eigenvalue weighted by atomic mass is 19.3. The summed E-state index contributed by atoms with van der Waals surface area (Å²) in [4.78, 5) is 37.6. The molecule has 9 nitrogen and oxygen atoms in total. The number of nitrogens with one attached hydrogen (secondary N) is 2. The van der Waals surface area contributed by atoms with Gasteiger partial charge in [0.05, 0.1) is 24.2 Å². The second-order valence-electron chi connectivity index (χ2n) is 9.54. The van der Waals surface area contributed by atoms with Crippen molar-refractivity contribution in [2.24, 2.45) is 5.92 Å². The monoisotopic (exact) mass is 499 g/mol. The van der Waals surface area contributed by atoms with Gasteiger partial charge in [0.15, 0.2) is 0 Å². The van der Waals surface area contributed by atoms with E-state index in [1.165, 1.54) is 6.33 Å². The number of hydrogen-bond donors (Lipinski definition) is 3. The van der Waals surface area contributed by atoms with E-state index < -0.39 is 43.5 Å². The largest absolute Gasteiger partial charge is 0.493 e. The molecule has 0 unspecified atom stereocenters. The number of hydrogen-bond acceptors (Lipinski definition) is 6. The van der Waals surface area contributed by atoms with Crippen molar-refractivity contribution in [3.8, 4) is 17.0 Å². The molecule has 2 fully saturated rings. The molecule has 11 heteroatoms. The first-order chi connectivity index (χ1) is 17.2. The van der Waals surface area contributed by atoms with Crippen molar-refractivity contribution in [3.05, 3.63) is 41.3 Å². The molecule has 2 aliphatic rings. The molecule has 0 bridgehead atoms. The fourth-order valence-electron chi connectivity index (χ4n) is 4.50. The lowest BCUT2D eigenvalue weighted by Gasteiger charge is -2.18. The Morgan fingerprint density at radius 2 is 2.06 bits per heavy atom. The van der Waals surface area contributed by atoms with Crippen LogP contribution in [0.4, 0.5) is 8.78 Å². The summed E-state index contributed by atoms with van der Waals surface area (Å²) in [6, 6.07) is 4.21. The lowest BCUT2D eigenvalue weighted by molar-refractivity contribution is -0.134. The maximum absolute atomic E-state index is 14.5. The van der Waals surface area contributed by atoms with E-state index in [-0.39, 0.29) is 5.56 Å². The molecule has 5 rings (SSSR count). The van der Waals surface area contributed by atoms with Gasteiger partial charge in [-0.3, -0.25) is 9.59 Å². The first-order valence-corrected chi connectivity index (χ1v) is 11.8. The highest BCUT2D eigenvalue weighted by Gasteiger charge is 2.50. The Balaban J connectivity index is 1.47. The number of aliphatic hydroxyl groups is 1. The number of amides is 2. The number of benzene rings is 1. The molecule has 3 heterocycles. The lowest BCUT2D eigenvalue weighted by Crippen LogP contribution is -2.46. The molecule has 36 heavy (non-hydrogen) atoms. The minimum atomic E-state index is -3.34. The van der Waals surface area contributed by atoms with Crippen LogP contribution in [0.3, 0.4) is 0 Å². The number of aromatic amines is 1. The van der Waals surface area contributed by atoms with E-state index in [0.29, 0.717) is 40.7 Å². The third-order valence-electron chi connectivity index (χ3n) is 6.67. The van der Waals surface area contributed by atoms with E-state index in [1.807, 2.05) is 25.1 Å². The topological polar surface area (TPSA) is 120 Å². The third kappa shape index (κ3) is 4.50. The van der Waals surface area contributed by atoms with Crippen LogP contribution in [-0.2, 0) is 4.79 Å². The number of H-pyrrole nitrogens is 1. The Kier molecular flexibility index (Phi) is 6.11. The number of carbonyl (C=O) groups is 2. The van der Waals surface area contributed by atoms with Crippen molar-refractivity contribution in [3.63, 3.8) is 0 Å². The molecule has 1 saturated carbocycles. The van der Waals surface area contributed by atoms with Gasteiger partial charge in [-0.1, -0.05) is 11.6 Å². The number of likely N-dealkylation sites (tertiary alicyclic amines) is 1. The summed E-state index contributed by atoms with van der Waals surface area (Å²) < 4.78 is 35.1. The number of aromatic nitrogens is 3. The van der Waals surface area contributed by atoms with Crippen LogP contribution in [0.25, 0.3) is 22.3 Å². The number of rotatable bonds is 7. The number of carbonyl (C=O) groups excluding carboxylic acids is 2. The Bertz CT molecular complexity index is 1340. The van der Waals surface area contributed by atoms with Crippen LogP contribution >= 0.6 is 0 Å². The highest BCUT2D eigenvalue weighted by Crippen LogP contribution is 2.37. The summed E-state index contributed by atoms with van der Waals surface area (Å²) in [6.07, 6.45) is 3.64. The number of aliphatic hydroxyl groups excluding tert-OH is 1. The molecular formula is C25H27F2N5O4. The lowest BCUT2D eigenvalue weighted by atomic mass is 10.1. The van der Waals surface area contributed by atoms with Crippen molar-refractivity contribution in [1.29, 1.82) is 0 Å². The van der Waals surface area contributed by atoms with Gasteiger partial charge in [0.2, 0.25) is 5.91 Å². The van der Waals surface area contributed by atoms with E-state index in [9.17, 15) is 18.4 Å². The number of aryl methyl sites for hydroxylation is 2. The molecule has 1 aliphatic heterocycles. The van der Waals surface area contributed by atoms with Gasteiger partial charge in [0, 0.05) is 17.8 Å². The second-order valence-corrected chi connectivity index (χ2v) is 9.54. The number of alkyl halides is 2. The Morgan fingerprint density at radius 3 is 2.78 bits per heavy atom. The van der Waals surface area contributed by atoms with Gasteiger partial charge >= 0.3 is 0 Å². The Hall–Kier alpha value is -3.60. The first-order valence-electron chi connectivity index (χ1n) is 11.8. The van der Waals surface area contributed by atoms with Crippen molar-refractivity contribution in [2.75, 3.05) is 26.3 Å². The van der Waals surface area contributed by atoms with Crippen molar-refractivity contribution in [1.82, 2.24) is 25.2 Å². The van der Waals surface area contributed by atoms with Crippen molar-refractivity contribution >= 4 is 22.8 Å². The summed E-state index contributed by atoms with van der Waals surface area (Å²) in [5, 5.41) is 11.4. The molecule has 0 radical (unpaired) electrons. The smallest absolute Gasteiger partial charge is 0.286 e. The number of nitrogens with zero attached hydrogens (tertiary/aromatic N) is 3. The highest BCUT2D eigenvalue weighted by molar-refractivity contribution is 6.09. The molecule has 0 spiro atoms. The van der Waals surface area contributed by atoms with Gasteiger partial charge in [-0.15, -0.1) is 0 Å². The van der Waals surface area contributed by atoms with Crippen LogP contribution in [0.2, 0.25) is 0 Å². The zero-order valence-corrected chi connectivity index (χ0v) is 20.0. The van der Waals surface area contributed by atoms with Gasteiger partial charge in [0.25, 0.3) is 11.8 Å². The van der Waals surface area contributed by atoms with Crippen molar-refractivity contribution < 1.29 is 28.2 Å². The van der Waals surface area contributed by atoms with Crippen LogP contribution in [0.5, 0.6) is 5.75 Å². The Morgan fingerprint density at radius 1 is 1.28 bits per heavy atom. The van der Waals surface area contributed by atoms with Crippen molar-refractivity contribution in [2.45, 2.75) is 38.7 Å².